The molecule has 0 unspecified atom stereocenters. The van der Waals surface area contributed by atoms with Crippen molar-refractivity contribution in [3.8, 4) is 5.92 Å². The lowest BCUT2D eigenvalue weighted by atomic mass is 10.1. The second-order valence-corrected chi connectivity index (χ2v) is 1.44. The first-order valence-corrected chi connectivity index (χ1v) is 2.62. The average Bonchev–Trinajstić information content (AvgIpc) is 1.72. The molecule has 38 valence electrons. The maximum absolute atomic E-state index is 6.67. The van der Waals surface area contributed by atoms with Gasteiger partial charge in [0.25, 0.3) is 0 Å². The van der Waals surface area contributed by atoms with Gasteiger partial charge >= 0.3 is 0 Å². The highest BCUT2D eigenvalue weighted by molar-refractivity contribution is 5.11. The molecule has 0 nitrogen and oxygen atoms in total. The lowest BCUT2D eigenvalue weighted by Crippen LogP contribution is -1.85. The summed E-state index contributed by atoms with van der Waals surface area (Å²) >= 11 is 0. The Morgan fingerprint density at radius 3 is 1.86 bits per heavy atom. The minimum absolute atomic E-state index is 0.972. The average molecular weight is 94.2 g/mol. The summed E-state index contributed by atoms with van der Waals surface area (Å²) in [6, 6.07) is 0. The zero-order chi connectivity index (χ0) is 5.70. The van der Waals surface area contributed by atoms with E-state index in [4.69, 9.17) is 6.42 Å². The third-order valence-corrected chi connectivity index (χ3v) is 1.03. The highest BCUT2D eigenvalue weighted by Crippen LogP contribution is 2.06. The quantitative estimate of drug-likeness (QED) is 0.362. The van der Waals surface area contributed by atoms with E-state index in [0.29, 0.717) is 0 Å². The minimum Gasteiger partial charge on any atom is -0.0617 e. The first-order chi connectivity index (χ1) is 3.35. The standard InChI is InChI=1S/C7H10/c1-4-7(5-2)6-3/h4-5H2,1-2H3. The van der Waals surface area contributed by atoms with E-state index in [1.165, 1.54) is 0 Å². The van der Waals surface area contributed by atoms with Gasteiger partial charge in [0.05, 0.1) is 0 Å². The van der Waals surface area contributed by atoms with Crippen molar-refractivity contribution in [1.29, 1.82) is 0 Å². The smallest absolute Gasteiger partial charge is 0.0102 e. The molecule has 0 saturated carbocycles. The number of hydrogen-bond acceptors (Lipinski definition) is 0. The third-order valence-electron chi connectivity index (χ3n) is 1.03. The van der Waals surface area contributed by atoms with Crippen LogP contribution in [-0.2, 0) is 0 Å². The monoisotopic (exact) mass is 94.1 g/mol. The van der Waals surface area contributed by atoms with E-state index in [2.05, 4.69) is 5.92 Å². The largest absolute Gasteiger partial charge is 0.0617 e. The van der Waals surface area contributed by atoms with Gasteiger partial charge in [0.2, 0.25) is 0 Å². The molecule has 0 rings (SSSR count). The highest BCUT2D eigenvalue weighted by atomic mass is 14.0. The summed E-state index contributed by atoms with van der Waals surface area (Å²) in [4.78, 5) is 0. The maximum atomic E-state index is 6.67. The second-order valence-electron chi connectivity index (χ2n) is 1.44. The molecule has 0 N–H and O–H groups in total. The number of hydrogen-bond donors (Lipinski definition) is 0. The fourth-order valence-corrected chi connectivity index (χ4v) is 0.427. The number of rotatable bonds is 2. The third kappa shape index (κ3) is 2.17. The van der Waals surface area contributed by atoms with Gasteiger partial charge in [-0.3, -0.25) is 0 Å². The van der Waals surface area contributed by atoms with Crippen LogP contribution in [0, 0.1) is 18.3 Å². The molecule has 0 aliphatic carbocycles. The Morgan fingerprint density at radius 2 is 1.86 bits per heavy atom. The van der Waals surface area contributed by atoms with Crippen molar-refractivity contribution >= 4 is 0 Å². The minimum atomic E-state index is 0.972. The van der Waals surface area contributed by atoms with Crippen LogP contribution in [0.4, 0.5) is 0 Å². The molecule has 0 fully saturated rings. The summed E-state index contributed by atoms with van der Waals surface area (Å²) in [5, 5.41) is 0. The van der Waals surface area contributed by atoms with Gasteiger partial charge in [-0.1, -0.05) is 19.8 Å². The fourth-order valence-electron chi connectivity index (χ4n) is 0.427. The summed E-state index contributed by atoms with van der Waals surface area (Å²) in [5.74, 6) is 3.47. The van der Waals surface area contributed by atoms with Gasteiger partial charge < -0.3 is 0 Å². The van der Waals surface area contributed by atoms with Gasteiger partial charge in [-0.15, -0.1) is 0 Å². The molecule has 0 aliphatic rings. The van der Waals surface area contributed by atoms with E-state index >= 15 is 0 Å². The summed E-state index contributed by atoms with van der Waals surface area (Å²) in [7, 11) is 0. The van der Waals surface area contributed by atoms with Crippen LogP contribution in [0.2, 0.25) is 0 Å². The molecule has 0 atom stereocenters. The van der Waals surface area contributed by atoms with Gasteiger partial charge in [-0.25, -0.2) is 0 Å². The zero-order valence-corrected chi connectivity index (χ0v) is 4.91. The van der Waals surface area contributed by atoms with Gasteiger partial charge in [0, 0.05) is 0 Å². The molecule has 0 spiro atoms. The van der Waals surface area contributed by atoms with E-state index in [0.717, 1.165) is 18.8 Å². The molecule has 0 amide bonds. The predicted molar refractivity (Wildman–Crippen MR) is 31.0 cm³/mol. The maximum Gasteiger partial charge on any atom is -0.0102 e. The molecule has 0 heteroatoms. The van der Waals surface area contributed by atoms with Crippen LogP contribution in [-0.4, -0.2) is 0 Å². The Morgan fingerprint density at radius 1 is 1.43 bits per heavy atom. The molecule has 0 radical (unpaired) electrons. The second kappa shape index (κ2) is 3.61. The van der Waals surface area contributed by atoms with Crippen LogP contribution in [0.25, 0.3) is 0 Å². The van der Waals surface area contributed by atoms with Crippen LogP contribution >= 0.6 is 0 Å². The molecular formula is C7H10. The molecule has 0 aromatic rings. The van der Waals surface area contributed by atoms with Gasteiger partial charge in [0.15, 0.2) is 0 Å². The summed E-state index contributed by atoms with van der Waals surface area (Å²) in [6.45, 7) is 4.08. The lowest BCUT2D eigenvalue weighted by Gasteiger charge is -1.98. The van der Waals surface area contributed by atoms with Crippen LogP contribution in [0.3, 0.4) is 0 Å². The van der Waals surface area contributed by atoms with Gasteiger partial charge in [0.1, 0.15) is 0 Å². The van der Waals surface area contributed by atoms with Crippen LogP contribution in [0.1, 0.15) is 26.7 Å². The van der Waals surface area contributed by atoms with E-state index in [1.54, 1.807) is 0 Å². The van der Waals surface area contributed by atoms with E-state index in [1.807, 2.05) is 13.8 Å². The Labute approximate surface area is 45.9 Å². The summed E-state index contributed by atoms with van der Waals surface area (Å²) in [5.41, 5.74) is 0. The lowest BCUT2D eigenvalue weighted by molar-refractivity contribution is 0.888. The van der Waals surface area contributed by atoms with Crippen molar-refractivity contribution in [3.63, 3.8) is 0 Å². The Bertz CT molecular complexity index is 62.6. The molecule has 0 saturated heterocycles. The fraction of sp³-hybridized carbons (Fsp3) is 0.571. The Hall–Kier alpha value is -0.570. The van der Waals surface area contributed by atoms with E-state index < -0.39 is 0 Å². The first-order valence-electron chi connectivity index (χ1n) is 2.62. The van der Waals surface area contributed by atoms with Crippen LogP contribution < -0.4 is 0 Å². The molecular weight excluding hydrogens is 84.1 g/mol. The van der Waals surface area contributed by atoms with E-state index in [-0.39, 0.29) is 0 Å². The summed E-state index contributed by atoms with van der Waals surface area (Å²) in [6.07, 6.45) is 8.62. The van der Waals surface area contributed by atoms with Gasteiger partial charge in [-0.2, -0.15) is 0 Å². The van der Waals surface area contributed by atoms with Gasteiger partial charge in [-0.05, 0) is 25.2 Å². The molecule has 0 aromatic carbocycles. The first kappa shape index (κ1) is 6.43. The molecule has 0 heterocycles. The Kier molecular flexibility index (Phi) is 3.32. The van der Waals surface area contributed by atoms with Crippen LogP contribution in [0.15, 0.2) is 0 Å². The molecule has 7 heavy (non-hydrogen) atoms. The normalized spacial score (nSPS) is 7.57. The summed E-state index contributed by atoms with van der Waals surface area (Å²) < 4.78 is 0. The zero-order valence-electron chi connectivity index (χ0n) is 4.91. The van der Waals surface area contributed by atoms with Crippen LogP contribution in [0.5, 0.6) is 0 Å². The molecule has 0 aliphatic heterocycles. The SMILES string of the molecule is [C-]#C[C+](CC)CC. The van der Waals surface area contributed by atoms with Crippen molar-refractivity contribution in [2.75, 3.05) is 0 Å². The van der Waals surface area contributed by atoms with Crippen molar-refractivity contribution in [1.82, 2.24) is 0 Å². The molecule has 0 bridgehead atoms. The van der Waals surface area contributed by atoms with Crippen molar-refractivity contribution < 1.29 is 0 Å². The highest BCUT2D eigenvalue weighted by Gasteiger charge is 1.92. The predicted octanol–water partition coefficient (Wildman–Crippen LogP) is 1.97. The topological polar surface area (TPSA) is 0 Å². The Balaban J connectivity index is 3.23. The van der Waals surface area contributed by atoms with Crippen molar-refractivity contribution in [2.45, 2.75) is 26.7 Å². The van der Waals surface area contributed by atoms with E-state index in [9.17, 15) is 0 Å². The van der Waals surface area contributed by atoms with Crippen molar-refractivity contribution in [3.05, 3.63) is 12.3 Å². The van der Waals surface area contributed by atoms with Crippen molar-refractivity contribution in [2.24, 2.45) is 0 Å². The molecule has 0 aromatic heterocycles.